The van der Waals surface area contributed by atoms with E-state index < -0.39 is 4.92 Å². The van der Waals surface area contributed by atoms with Gasteiger partial charge in [-0.2, -0.15) is 5.10 Å². The number of pyridine rings is 1. The monoisotopic (exact) mass is 381 g/mol. The third-order valence-electron chi connectivity index (χ3n) is 2.89. The minimum absolute atomic E-state index is 0.0427. The quantitative estimate of drug-likeness (QED) is 0.418. The number of nitro benzene ring substituents is 1. The molecule has 1 aromatic carbocycles. The number of anilines is 1. The molecule has 0 saturated heterocycles. The van der Waals surface area contributed by atoms with Crippen LogP contribution in [0.1, 0.15) is 0 Å². The molecule has 20 heavy (non-hydrogen) atoms. The maximum atomic E-state index is 10.7. The number of nitrogens with two attached hydrogens (primary N) is 1. The molecule has 7 nitrogen and oxygen atoms in total. The van der Waals surface area contributed by atoms with Gasteiger partial charge in [-0.1, -0.05) is 0 Å². The summed E-state index contributed by atoms with van der Waals surface area (Å²) in [5.74, 6) is 0.417. The van der Waals surface area contributed by atoms with Gasteiger partial charge < -0.3 is 5.73 Å². The van der Waals surface area contributed by atoms with Crippen molar-refractivity contribution in [1.29, 1.82) is 0 Å². The number of rotatable bonds is 2. The number of nitrogens with zero attached hydrogens (tertiary/aromatic N) is 4. The number of nitro groups is 1. The van der Waals surface area contributed by atoms with Gasteiger partial charge in [0, 0.05) is 18.3 Å². The summed E-state index contributed by atoms with van der Waals surface area (Å²) < 4.78 is 2.43. The van der Waals surface area contributed by atoms with E-state index in [1.54, 1.807) is 23.0 Å². The largest absolute Gasteiger partial charge is 0.383 e. The number of nitrogen functional groups attached to an aromatic ring is 1. The summed E-state index contributed by atoms with van der Waals surface area (Å²) in [6.07, 6.45) is 1.61. The first kappa shape index (κ1) is 12.8. The minimum Gasteiger partial charge on any atom is -0.383 e. The van der Waals surface area contributed by atoms with Crippen molar-refractivity contribution in [2.75, 3.05) is 5.73 Å². The molecule has 0 aliphatic carbocycles. The summed E-state index contributed by atoms with van der Waals surface area (Å²) in [5.41, 5.74) is 7.44. The lowest BCUT2D eigenvalue weighted by Gasteiger charge is -2.03. The van der Waals surface area contributed by atoms with Crippen LogP contribution in [-0.4, -0.2) is 19.7 Å². The van der Waals surface area contributed by atoms with E-state index in [0.29, 0.717) is 5.82 Å². The van der Waals surface area contributed by atoms with Crippen LogP contribution in [-0.2, 0) is 0 Å². The van der Waals surface area contributed by atoms with E-state index in [-0.39, 0.29) is 5.69 Å². The van der Waals surface area contributed by atoms with Crippen LogP contribution < -0.4 is 5.73 Å². The van der Waals surface area contributed by atoms with Crippen molar-refractivity contribution in [2.24, 2.45) is 0 Å². The maximum Gasteiger partial charge on any atom is 0.269 e. The molecule has 0 aliphatic heterocycles. The zero-order chi connectivity index (χ0) is 14.3. The van der Waals surface area contributed by atoms with E-state index >= 15 is 0 Å². The second kappa shape index (κ2) is 4.71. The lowest BCUT2D eigenvalue weighted by molar-refractivity contribution is -0.384. The van der Waals surface area contributed by atoms with Gasteiger partial charge in [0.1, 0.15) is 9.52 Å². The molecule has 0 aliphatic rings. The second-order valence-electron chi connectivity index (χ2n) is 4.07. The lowest BCUT2D eigenvalue weighted by Crippen LogP contribution is -1.97. The van der Waals surface area contributed by atoms with E-state index in [1.807, 2.05) is 6.07 Å². The molecule has 0 spiro atoms. The Morgan fingerprint density at radius 2 is 1.95 bits per heavy atom. The van der Waals surface area contributed by atoms with Gasteiger partial charge in [-0.15, -0.1) is 0 Å². The smallest absolute Gasteiger partial charge is 0.269 e. The van der Waals surface area contributed by atoms with Gasteiger partial charge in [0.15, 0.2) is 0 Å². The van der Waals surface area contributed by atoms with Gasteiger partial charge >= 0.3 is 0 Å². The fourth-order valence-corrected chi connectivity index (χ4v) is 2.73. The molecule has 0 unspecified atom stereocenters. The topological polar surface area (TPSA) is 99.9 Å². The lowest BCUT2D eigenvalue weighted by atomic mass is 10.2. The molecule has 3 rings (SSSR count). The van der Waals surface area contributed by atoms with E-state index in [0.717, 1.165) is 20.3 Å². The summed E-state index contributed by atoms with van der Waals surface area (Å²) in [4.78, 5) is 14.3. The first-order valence-corrected chi connectivity index (χ1v) is 6.69. The van der Waals surface area contributed by atoms with Crippen LogP contribution in [0, 0.1) is 13.8 Å². The zero-order valence-electron chi connectivity index (χ0n) is 10.0. The van der Waals surface area contributed by atoms with Gasteiger partial charge in [0.2, 0.25) is 0 Å². The Bertz CT molecular complexity index is 813. The van der Waals surface area contributed by atoms with Gasteiger partial charge in [0.25, 0.3) is 5.69 Å². The number of halogens is 1. The molecule has 3 aromatic rings. The normalized spacial score (nSPS) is 10.8. The highest BCUT2D eigenvalue weighted by molar-refractivity contribution is 14.1. The Hall–Kier alpha value is -2.23. The first-order chi connectivity index (χ1) is 9.58. The van der Waals surface area contributed by atoms with Crippen molar-refractivity contribution in [2.45, 2.75) is 0 Å². The van der Waals surface area contributed by atoms with Gasteiger partial charge in [-0.3, -0.25) is 10.1 Å². The highest BCUT2D eigenvalue weighted by atomic mass is 127. The summed E-state index contributed by atoms with van der Waals surface area (Å²) in [5, 5.41) is 15.9. The zero-order valence-corrected chi connectivity index (χ0v) is 12.2. The molecule has 100 valence electrons. The molecule has 8 heteroatoms. The predicted octanol–water partition coefficient (Wildman–Crippen LogP) is 2.52. The predicted molar refractivity (Wildman–Crippen MR) is 82.6 cm³/mol. The van der Waals surface area contributed by atoms with Gasteiger partial charge in [-0.25, -0.2) is 9.67 Å². The number of hydrogen-bond donors (Lipinski definition) is 1. The number of benzene rings is 1. The molecule has 2 aromatic heterocycles. The van der Waals surface area contributed by atoms with Crippen LogP contribution in [0.2, 0.25) is 0 Å². The summed E-state index contributed by atoms with van der Waals surface area (Å²) in [6, 6.07) is 8.00. The fraction of sp³-hybridized carbons (Fsp3) is 0. The second-order valence-corrected chi connectivity index (χ2v) is 5.09. The van der Waals surface area contributed by atoms with E-state index in [2.05, 4.69) is 32.7 Å². The molecule has 0 radical (unpaired) electrons. The molecule has 0 bridgehead atoms. The number of aromatic nitrogens is 3. The minimum atomic E-state index is -0.434. The molecule has 2 heterocycles. The summed E-state index contributed by atoms with van der Waals surface area (Å²) >= 11 is 2.09. The van der Waals surface area contributed by atoms with Crippen molar-refractivity contribution in [3.8, 4) is 5.69 Å². The van der Waals surface area contributed by atoms with Crippen molar-refractivity contribution < 1.29 is 4.92 Å². The summed E-state index contributed by atoms with van der Waals surface area (Å²) in [6.45, 7) is 0. The number of fused-ring (bicyclic) bond motifs is 1. The van der Waals surface area contributed by atoms with Crippen LogP contribution in [0.15, 0.2) is 36.5 Å². The Morgan fingerprint density at radius 1 is 1.25 bits per heavy atom. The van der Waals surface area contributed by atoms with Gasteiger partial charge in [0.05, 0.1) is 21.5 Å². The molecular weight excluding hydrogens is 373 g/mol. The average molecular weight is 381 g/mol. The molecular formula is C12H8IN5O2. The Labute approximate surface area is 126 Å². The van der Waals surface area contributed by atoms with Crippen molar-refractivity contribution in [1.82, 2.24) is 14.8 Å². The van der Waals surface area contributed by atoms with Crippen LogP contribution >= 0.6 is 22.6 Å². The van der Waals surface area contributed by atoms with Gasteiger partial charge in [-0.05, 0) is 40.8 Å². The van der Waals surface area contributed by atoms with Crippen LogP contribution in [0.3, 0.4) is 0 Å². The van der Waals surface area contributed by atoms with E-state index in [9.17, 15) is 10.1 Å². The Morgan fingerprint density at radius 3 is 2.60 bits per heavy atom. The molecule has 0 saturated carbocycles. The average Bonchev–Trinajstić information content (AvgIpc) is 2.77. The van der Waals surface area contributed by atoms with Crippen LogP contribution in [0.5, 0.6) is 0 Å². The third kappa shape index (κ3) is 1.97. The van der Waals surface area contributed by atoms with Crippen molar-refractivity contribution in [3.05, 3.63) is 50.3 Å². The number of hydrogen-bond acceptors (Lipinski definition) is 5. The first-order valence-electron chi connectivity index (χ1n) is 5.61. The molecule has 0 fully saturated rings. The van der Waals surface area contributed by atoms with Crippen molar-refractivity contribution >= 4 is 45.0 Å². The molecule has 0 amide bonds. The number of non-ortho nitro benzene ring substituents is 1. The van der Waals surface area contributed by atoms with Crippen LogP contribution in [0.25, 0.3) is 16.6 Å². The molecule has 2 N–H and O–H groups in total. The third-order valence-corrected chi connectivity index (χ3v) is 3.64. The summed E-state index contributed by atoms with van der Waals surface area (Å²) in [7, 11) is 0. The fourth-order valence-electron chi connectivity index (χ4n) is 1.96. The van der Waals surface area contributed by atoms with E-state index in [1.165, 1.54) is 12.1 Å². The highest BCUT2D eigenvalue weighted by Crippen LogP contribution is 2.27. The standard InChI is InChI=1S/C12H8IN5O2/c13-11-10-9(5-6-15-12(10)14)17(16-11)7-1-3-8(4-2-7)18(19)20/h1-6H,(H2,14,15). The Balaban J connectivity index is 2.20. The van der Waals surface area contributed by atoms with Crippen molar-refractivity contribution in [3.63, 3.8) is 0 Å². The van der Waals surface area contributed by atoms with Crippen LogP contribution in [0.4, 0.5) is 11.5 Å². The SMILES string of the molecule is Nc1nccc2c1c(I)nn2-c1ccc([N+](=O)[O-])cc1. The molecule has 0 atom stereocenters. The maximum absolute atomic E-state index is 10.7. The highest BCUT2D eigenvalue weighted by Gasteiger charge is 2.13. The van der Waals surface area contributed by atoms with E-state index in [4.69, 9.17) is 5.73 Å². The Kier molecular flexibility index (Phi) is 3.01.